The van der Waals surface area contributed by atoms with Gasteiger partial charge in [0.25, 0.3) is 0 Å². The van der Waals surface area contributed by atoms with E-state index in [1.807, 2.05) is 36.0 Å². The zero-order valence-electron chi connectivity index (χ0n) is 8.86. The van der Waals surface area contributed by atoms with Crippen LogP contribution in [0.15, 0.2) is 30.5 Å². The van der Waals surface area contributed by atoms with E-state index in [4.69, 9.17) is 5.26 Å². The smallest absolute Gasteiger partial charge is 0.123 e. The molecule has 1 N–H and O–H groups in total. The molecule has 0 aliphatic heterocycles. The van der Waals surface area contributed by atoms with Gasteiger partial charge in [0.2, 0.25) is 0 Å². The molecule has 1 aromatic carbocycles. The molecule has 76 valence electrons. The number of hydrogen-bond acceptors (Lipinski definition) is 2. The summed E-state index contributed by atoms with van der Waals surface area (Å²) in [7, 11) is 3.80. The van der Waals surface area contributed by atoms with E-state index in [2.05, 4.69) is 17.5 Å². The predicted octanol–water partition coefficient (Wildman–Crippen LogP) is 1.96. The Morgan fingerprint density at radius 3 is 2.80 bits per heavy atom. The summed E-state index contributed by atoms with van der Waals surface area (Å²) >= 11 is 0. The van der Waals surface area contributed by atoms with E-state index in [1.165, 1.54) is 0 Å². The van der Waals surface area contributed by atoms with Gasteiger partial charge in [-0.3, -0.25) is 0 Å². The van der Waals surface area contributed by atoms with Crippen LogP contribution >= 0.6 is 0 Å². The molecule has 0 saturated carbocycles. The Balaban J connectivity index is 2.67. The molecular weight excluding hydrogens is 186 g/mol. The maximum Gasteiger partial charge on any atom is 0.123 e. The highest BCUT2D eigenvalue weighted by Crippen LogP contribution is 2.25. The van der Waals surface area contributed by atoms with E-state index in [0.717, 1.165) is 16.5 Å². The molecule has 2 rings (SSSR count). The topological polar surface area (TPSA) is 40.8 Å². The number of benzene rings is 1. The first-order valence-electron chi connectivity index (χ1n) is 4.88. The van der Waals surface area contributed by atoms with Crippen LogP contribution in [0.25, 0.3) is 10.9 Å². The first-order valence-corrected chi connectivity index (χ1v) is 4.88. The molecular formula is C12H13N3. The quantitative estimate of drug-likeness (QED) is 0.803. The van der Waals surface area contributed by atoms with E-state index in [9.17, 15) is 0 Å². The van der Waals surface area contributed by atoms with Gasteiger partial charge < -0.3 is 9.88 Å². The summed E-state index contributed by atoms with van der Waals surface area (Å²) in [5.74, 6) is 0. The van der Waals surface area contributed by atoms with E-state index < -0.39 is 0 Å². The van der Waals surface area contributed by atoms with Gasteiger partial charge in [-0.15, -0.1) is 0 Å². The third-order valence-electron chi connectivity index (χ3n) is 2.66. The van der Waals surface area contributed by atoms with Crippen LogP contribution in [-0.2, 0) is 7.05 Å². The third-order valence-corrected chi connectivity index (χ3v) is 2.66. The van der Waals surface area contributed by atoms with E-state index in [1.54, 1.807) is 7.05 Å². The first-order chi connectivity index (χ1) is 7.27. The molecule has 0 bridgehead atoms. The monoisotopic (exact) mass is 199 g/mol. The standard InChI is InChI=1S/C12H13N3/c1-14-11(7-13)10-8-15(2)12-6-4-3-5-9(10)12/h3-6,8,11,14H,1-2H3. The lowest BCUT2D eigenvalue weighted by atomic mass is 10.1. The zero-order chi connectivity index (χ0) is 10.8. The first kappa shape index (κ1) is 9.75. The van der Waals surface area contributed by atoms with Crippen molar-refractivity contribution in [3.8, 4) is 6.07 Å². The van der Waals surface area contributed by atoms with E-state index in [-0.39, 0.29) is 6.04 Å². The second kappa shape index (κ2) is 3.76. The molecule has 15 heavy (non-hydrogen) atoms. The Morgan fingerprint density at radius 2 is 2.13 bits per heavy atom. The summed E-state index contributed by atoms with van der Waals surface area (Å²) in [5, 5.41) is 13.2. The van der Waals surface area contributed by atoms with E-state index in [0.29, 0.717) is 0 Å². The molecule has 0 spiro atoms. The van der Waals surface area contributed by atoms with Gasteiger partial charge in [0, 0.05) is 29.7 Å². The average molecular weight is 199 g/mol. The minimum Gasteiger partial charge on any atom is -0.350 e. The molecule has 0 radical (unpaired) electrons. The highest BCUT2D eigenvalue weighted by molar-refractivity contribution is 5.84. The Morgan fingerprint density at radius 1 is 1.40 bits per heavy atom. The van der Waals surface area contributed by atoms with Crippen LogP contribution < -0.4 is 5.32 Å². The van der Waals surface area contributed by atoms with Crippen molar-refractivity contribution in [2.45, 2.75) is 6.04 Å². The normalized spacial score (nSPS) is 12.6. The van der Waals surface area contributed by atoms with Crippen LogP contribution in [0.3, 0.4) is 0 Å². The summed E-state index contributed by atoms with van der Waals surface area (Å²) in [4.78, 5) is 0. The van der Waals surface area contributed by atoms with Crippen molar-refractivity contribution in [2.75, 3.05) is 7.05 Å². The highest BCUT2D eigenvalue weighted by Gasteiger charge is 2.13. The molecule has 1 unspecified atom stereocenters. The fourth-order valence-corrected chi connectivity index (χ4v) is 1.89. The number of nitriles is 1. The molecule has 0 saturated heterocycles. The highest BCUT2D eigenvalue weighted by atomic mass is 14.9. The third kappa shape index (κ3) is 1.49. The number of rotatable bonds is 2. The molecule has 0 amide bonds. The summed E-state index contributed by atoms with van der Waals surface area (Å²) in [6, 6.07) is 10.1. The van der Waals surface area contributed by atoms with Crippen molar-refractivity contribution in [2.24, 2.45) is 7.05 Å². The van der Waals surface area contributed by atoms with Crippen molar-refractivity contribution in [1.82, 2.24) is 9.88 Å². The second-order valence-electron chi connectivity index (χ2n) is 3.56. The Kier molecular flexibility index (Phi) is 2.44. The van der Waals surface area contributed by atoms with Gasteiger partial charge in [-0.2, -0.15) is 5.26 Å². The molecule has 1 heterocycles. The number of aryl methyl sites for hydroxylation is 1. The number of hydrogen-bond donors (Lipinski definition) is 1. The molecule has 0 fully saturated rings. The van der Waals surface area contributed by atoms with Gasteiger partial charge >= 0.3 is 0 Å². The summed E-state index contributed by atoms with van der Waals surface area (Å²) < 4.78 is 2.05. The van der Waals surface area contributed by atoms with Crippen molar-refractivity contribution in [3.05, 3.63) is 36.0 Å². The van der Waals surface area contributed by atoms with Crippen LogP contribution in [0.1, 0.15) is 11.6 Å². The predicted molar refractivity (Wildman–Crippen MR) is 60.3 cm³/mol. The van der Waals surface area contributed by atoms with Gasteiger partial charge in [0.1, 0.15) is 6.04 Å². The SMILES string of the molecule is CNC(C#N)c1cn(C)c2ccccc12. The second-order valence-corrected chi connectivity index (χ2v) is 3.56. The van der Waals surface area contributed by atoms with E-state index >= 15 is 0 Å². The van der Waals surface area contributed by atoms with Crippen LogP contribution in [0, 0.1) is 11.3 Å². The van der Waals surface area contributed by atoms with Gasteiger partial charge in [0.15, 0.2) is 0 Å². The summed E-state index contributed by atoms with van der Waals surface area (Å²) in [6.07, 6.45) is 2.01. The minimum atomic E-state index is -0.240. The van der Waals surface area contributed by atoms with Crippen LogP contribution in [0.2, 0.25) is 0 Å². The number of fused-ring (bicyclic) bond motifs is 1. The van der Waals surface area contributed by atoms with Crippen LogP contribution in [-0.4, -0.2) is 11.6 Å². The molecule has 1 aromatic heterocycles. The molecule has 0 aliphatic carbocycles. The average Bonchev–Trinajstić information content (AvgIpc) is 2.60. The maximum atomic E-state index is 9.03. The van der Waals surface area contributed by atoms with Gasteiger partial charge in [0.05, 0.1) is 6.07 Å². The van der Waals surface area contributed by atoms with Crippen molar-refractivity contribution in [3.63, 3.8) is 0 Å². The van der Waals surface area contributed by atoms with Gasteiger partial charge in [-0.1, -0.05) is 18.2 Å². The van der Waals surface area contributed by atoms with Crippen LogP contribution in [0.4, 0.5) is 0 Å². The Bertz CT molecular complexity index is 519. The molecule has 3 heteroatoms. The Hall–Kier alpha value is -1.79. The fraction of sp³-hybridized carbons (Fsp3) is 0.250. The number of aromatic nitrogens is 1. The zero-order valence-corrected chi connectivity index (χ0v) is 8.86. The van der Waals surface area contributed by atoms with Gasteiger partial charge in [-0.25, -0.2) is 0 Å². The van der Waals surface area contributed by atoms with Crippen molar-refractivity contribution < 1.29 is 0 Å². The Labute approximate surface area is 88.9 Å². The molecule has 1 atom stereocenters. The lowest BCUT2D eigenvalue weighted by Crippen LogP contribution is -2.13. The molecule has 2 aromatic rings. The number of nitrogens with zero attached hydrogens (tertiary/aromatic N) is 2. The molecule has 3 nitrogen and oxygen atoms in total. The van der Waals surface area contributed by atoms with Crippen molar-refractivity contribution >= 4 is 10.9 Å². The number of para-hydroxylation sites is 1. The number of nitrogens with one attached hydrogen (secondary N) is 1. The van der Waals surface area contributed by atoms with Crippen molar-refractivity contribution in [1.29, 1.82) is 5.26 Å². The minimum absolute atomic E-state index is 0.240. The summed E-state index contributed by atoms with van der Waals surface area (Å²) in [6.45, 7) is 0. The lowest BCUT2D eigenvalue weighted by molar-refractivity contribution is 0.728. The van der Waals surface area contributed by atoms with Crippen LogP contribution in [0.5, 0.6) is 0 Å². The lowest BCUT2D eigenvalue weighted by Gasteiger charge is -2.05. The summed E-state index contributed by atoms with van der Waals surface area (Å²) in [5.41, 5.74) is 2.20. The maximum absolute atomic E-state index is 9.03. The molecule has 0 aliphatic rings. The largest absolute Gasteiger partial charge is 0.350 e. The van der Waals surface area contributed by atoms with Gasteiger partial charge in [-0.05, 0) is 13.1 Å². The fourth-order valence-electron chi connectivity index (χ4n) is 1.89.